The Labute approximate surface area is 99.8 Å². The zero-order valence-corrected chi connectivity index (χ0v) is 9.86. The molecule has 94 valence electrons. The van der Waals surface area contributed by atoms with Crippen LogP contribution in [0.4, 0.5) is 0 Å². The largest absolute Gasteiger partial charge is 0.465 e. The summed E-state index contributed by atoms with van der Waals surface area (Å²) in [7, 11) is 0. The van der Waals surface area contributed by atoms with E-state index in [-0.39, 0.29) is 12.5 Å². The molecule has 1 amide bonds. The highest BCUT2D eigenvalue weighted by molar-refractivity contribution is 5.93. The molecule has 0 aromatic heterocycles. The first-order valence-corrected chi connectivity index (χ1v) is 5.95. The lowest BCUT2D eigenvalue weighted by atomic mass is 9.66. The maximum atomic E-state index is 12.1. The summed E-state index contributed by atoms with van der Waals surface area (Å²) in [6, 6.07) is 0. The van der Waals surface area contributed by atoms with E-state index in [4.69, 9.17) is 4.74 Å². The van der Waals surface area contributed by atoms with Crippen molar-refractivity contribution in [3.05, 3.63) is 12.2 Å². The Morgan fingerprint density at radius 2 is 2.24 bits per heavy atom. The van der Waals surface area contributed by atoms with E-state index < -0.39 is 17.1 Å². The van der Waals surface area contributed by atoms with Crippen molar-refractivity contribution in [3.63, 3.8) is 0 Å². The molecule has 5 heteroatoms. The van der Waals surface area contributed by atoms with Crippen LogP contribution >= 0.6 is 0 Å². The van der Waals surface area contributed by atoms with Crippen LogP contribution in [-0.4, -0.2) is 29.3 Å². The quantitative estimate of drug-likeness (QED) is 0.687. The number of carbonyl (C=O) groups excluding carboxylic acids is 2. The molecule has 2 rings (SSSR count). The highest BCUT2D eigenvalue weighted by atomic mass is 16.5. The van der Waals surface area contributed by atoms with Gasteiger partial charge in [-0.25, -0.2) is 0 Å². The van der Waals surface area contributed by atoms with Gasteiger partial charge in [-0.15, -0.1) is 0 Å². The number of esters is 1. The predicted octanol–water partition coefficient (Wildman–Crippen LogP) is 0.484. The maximum Gasteiger partial charge on any atom is 0.320 e. The fraction of sp³-hybridized carbons (Fsp3) is 0.667. The van der Waals surface area contributed by atoms with Crippen LogP contribution in [0.25, 0.3) is 0 Å². The third-order valence-corrected chi connectivity index (χ3v) is 3.59. The van der Waals surface area contributed by atoms with Gasteiger partial charge < -0.3 is 15.2 Å². The fourth-order valence-electron chi connectivity index (χ4n) is 2.67. The minimum absolute atomic E-state index is 0.262. The molecular weight excluding hydrogens is 222 g/mol. The molecule has 1 heterocycles. The van der Waals surface area contributed by atoms with Crippen LogP contribution in [0.1, 0.15) is 32.6 Å². The van der Waals surface area contributed by atoms with Crippen molar-refractivity contribution in [2.24, 2.45) is 5.41 Å². The number of ether oxygens (including phenoxy) is 1. The maximum absolute atomic E-state index is 12.1. The molecule has 0 bridgehead atoms. The van der Waals surface area contributed by atoms with Crippen LogP contribution in [0.15, 0.2) is 12.2 Å². The third-order valence-electron chi connectivity index (χ3n) is 3.59. The number of hydrogen-bond donors (Lipinski definition) is 2. The minimum atomic E-state index is -1.50. The average Bonchev–Trinajstić information content (AvgIpc) is 2.28. The number of rotatable bonds is 2. The summed E-state index contributed by atoms with van der Waals surface area (Å²) < 4.78 is 5.04. The molecule has 0 radical (unpaired) electrons. The van der Waals surface area contributed by atoms with E-state index in [1.54, 1.807) is 6.92 Å². The number of carbonyl (C=O) groups is 2. The van der Waals surface area contributed by atoms with E-state index in [1.807, 2.05) is 0 Å². The van der Waals surface area contributed by atoms with Gasteiger partial charge in [0.2, 0.25) is 5.91 Å². The Morgan fingerprint density at radius 1 is 1.53 bits per heavy atom. The monoisotopic (exact) mass is 239 g/mol. The van der Waals surface area contributed by atoms with E-state index in [0.29, 0.717) is 12.8 Å². The van der Waals surface area contributed by atoms with E-state index in [2.05, 4.69) is 5.32 Å². The van der Waals surface area contributed by atoms with Gasteiger partial charge in [-0.3, -0.25) is 9.59 Å². The Morgan fingerprint density at radius 3 is 2.94 bits per heavy atom. The van der Waals surface area contributed by atoms with Gasteiger partial charge in [0, 0.05) is 6.08 Å². The second-order valence-electron chi connectivity index (χ2n) is 4.58. The van der Waals surface area contributed by atoms with Crippen LogP contribution in [0.3, 0.4) is 0 Å². The number of fused-ring (bicyclic) bond motifs is 1. The molecule has 0 aromatic carbocycles. The summed E-state index contributed by atoms with van der Waals surface area (Å²) in [5, 5.41) is 13.0. The van der Waals surface area contributed by atoms with Crippen molar-refractivity contribution in [1.82, 2.24) is 5.32 Å². The molecule has 5 nitrogen and oxygen atoms in total. The molecule has 1 aliphatic heterocycles. The summed E-state index contributed by atoms with van der Waals surface area (Å²) in [6.07, 6.45) is 5.30. The molecule has 17 heavy (non-hydrogen) atoms. The fourth-order valence-corrected chi connectivity index (χ4v) is 2.67. The van der Waals surface area contributed by atoms with Crippen LogP contribution in [0.2, 0.25) is 0 Å². The second kappa shape index (κ2) is 4.14. The molecule has 2 N–H and O–H groups in total. The molecule has 1 fully saturated rings. The molecule has 0 aromatic rings. The summed E-state index contributed by atoms with van der Waals surface area (Å²) in [6.45, 7) is 1.99. The Kier molecular flexibility index (Phi) is 2.95. The van der Waals surface area contributed by atoms with Crippen molar-refractivity contribution in [1.29, 1.82) is 0 Å². The van der Waals surface area contributed by atoms with Crippen LogP contribution in [0, 0.1) is 5.41 Å². The van der Waals surface area contributed by atoms with E-state index in [1.165, 1.54) is 12.2 Å². The molecule has 1 aliphatic carbocycles. The van der Waals surface area contributed by atoms with Gasteiger partial charge >= 0.3 is 5.97 Å². The van der Waals surface area contributed by atoms with Crippen LogP contribution in [0.5, 0.6) is 0 Å². The average molecular weight is 239 g/mol. The molecule has 1 saturated carbocycles. The van der Waals surface area contributed by atoms with E-state index in [0.717, 1.165) is 12.8 Å². The van der Waals surface area contributed by atoms with Gasteiger partial charge in [-0.1, -0.05) is 12.5 Å². The first kappa shape index (κ1) is 12.1. The second-order valence-corrected chi connectivity index (χ2v) is 4.58. The summed E-state index contributed by atoms with van der Waals surface area (Å²) in [5.41, 5.74) is -2.61. The normalized spacial score (nSPS) is 36.0. The van der Waals surface area contributed by atoms with Gasteiger partial charge in [0.05, 0.1) is 6.61 Å². The number of nitrogens with one attached hydrogen (secondary N) is 1. The van der Waals surface area contributed by atoms with Crippen molar-refractivity contribution in [3.8, 4) is 0 Å². The predicted molar refractivity (Wildman–Crippen MR) is 59.8 cm³/mol. The van der Waals surface area contributed by atoms with E-state index >= 15 is 0 Å². The zero-order chi connectivity index (χ0) is 12.5. The van der Waals surface area contributed by atoms with E-state index in [9.17, 15) is 14.7 Å². The molecule has 2 unspecified atom stereocenters. The summed E-state index contributed by atoms with van der Waals surface area (Å²) >= 11 is 0. The lowest BCUT2D eigenvalue weighted by Crippen LogP contribution is -2.66. The Balaban J connectivity index is 2.40. The van der Waals surface area contributed by atoms with Crippen molar-refractivity contribution in [2.45, 2.75) is 38.3 Å². The Bertz CT molecular complexity index is 379. The highest BCUT2D eigenvalue weighted by Crippen LogP contribution is 2.46. The van der Waals surface area contributed by atoms with Crippen LogP contribution in [-0.2, 0) is 14.3 Å². The number of hydrogen-bond acceptors (Lipinski definition) is 4. The van der Waals surface area contributed by atoms with Gasteiger partial charge in [0.1, 0.15) is 5.41 Å². The van der Waals surface area contributed by atoms with Crippen molar-refractivity contribution >= 4 is 11.9 Å². The highest BCUT2D eigenvalue weighted by Gasteiger charge is 2.58. The molecule has 2 atom stereocenters. The zero-order valence-electron chi connectivity index (χ0n) is 9.86. The summed E-state index contributed by atoms with van der Waals surface area (Å²) in [4.78, 5) is 23.4. The van der Waals surface area contributed by atoms with Crippen molar-refractivity contribution < 1.29 is 19.4 Å². The number of amides is 1. The molecule has 0 saturated heterocycles. The molecule has 0 spiro atoms. The van der Waals surface area contributed by atoms with Gasteiger partial charge in [0.15, 0.2) is 5.72 Å². The minimum Gasteiger partial charge on any atom is -0.465 e. The number of aliphatic hydroxyl groups is 1. The Hall–Kier alpha value is -1.36. The van der Waals surface area contributed by atoms with Gasteiger partial charge in [0.25, 0.3) is 0 Å². The van der Waals surface area contributed by atoms with Gasteiger partial charge in [-0.05, 0) is 26.2 Å². The standard InChI is InChI=1S/C12H17NO4/c1-2-17-10(15)11-6-3-4-7-12(11,16)13-9(14)5-8-11/h5,8,16H,2-4,6-7H2,1H3,(H,13,14). The lowest BCUT2D eigenvalue weighted by Gasteiger charge is -2.48. The first-order valence-electron chi connectivity index (χ1n) is 5.95. The summed E-state index contributed by atoms with van der Waals surface area (Å²) in [5.74, 6) is -0.826. The topological polar surface area (TPSA) is 75.6 Å². The van der Waals surface area contributed by atoms with Crippen molar-refractivity contribution in [2.75, 3.05) is 6.61 Å². The SMILES string of the molecule is CCOC(=O)C12C=CC(=O)NC1(O)CCCC2. The third kappa shape index (κ3) is 1.74. The van der Waals surface area contributed by atoms with Crippen LogP contribution < -0.4 is 5.32 Å². The molecule has 2 aliphatic rings. The lowest BCUT2D eigenvalue weighted by molar-refractivity contribution is -0.183. The molecular formula is C12H17NO4. The first-order chi connectivity index (χ1) is 8.04. The van der Waals surface area contributed by atoms with Gasteiger partial charge in [-0.2, -0.15) is 0 Å². The smallest absolute Gasteiger partial charge is 0.320 e.